The summed E-state index contributed by atoms with van der Waals surface area (Å²) in [6.07, 6.45) is 6.10. The van der Waals surface area contributed by atoms with Crippen LogP contribution in [0.25, 0.3) is 0 Å². The van der Waals surface area contributed by atoms with Crippen molar-refractivity contribution in [2.75, 3.05) is 81.8 Å². The molecule has 0 radical (unpaired) electrons. The molecule has 2 N–H and O–H groups in total. The molecular formula is C16H36N2O8P2+2. The van der Waals surface area contributed by atoms with Crippen molar-refractivity contribution in [3.63, 3.8) is 0 Å². The first-order valence-corrected chi connectivity index (χ1v) is 11.8. The zero-order chi connectivity index (χ0) is 21.9. The number of quaternary nitrogens is 2. The van der Waals surface area contributed by atoms with Crippen LogP contribution >= 0.6 is 15.6 Å². The lowest BCUT2D eigenvalue weighted by Crippen LogP contribution is -2.37. The fourth-order valence-corrected chi connectivity index (χ4v) is 2.80. The van der Waals surface area contributed by atoms with Crippen LogP contribution in [0.5, 0.6) is 0 Å². The Morgan fingerprint density at radius 3 is 1.29 bits per heavy atom. The van der Waals surface area contributed by atoms with Crippen molar-refractivity contribution in [3.05, 3.63) is 24.3 Å². The average Bonchev–Trinajstić information content (AvgIpc) is 2.46. The summed E-state index contributed by atoms with van der Waals surface area (Å²) in [5, 5.41) is 0. The maximum absolute atomic E-state index is 11.7. The van der Waals surface area contributed by atoms with E-state index in [4.69, 9.17) is 18.1 Å². The Labute approximate surface area is 168 Å². The second-order valence-electron chi connectivity index (χ2n) is 8.08. The fourth-order valence-electron chi connectivity index (χ4n) is 1.48. The summed E-state index contributed by atoms with van der Waals surface area (Å²) in [7, 11) is 3.49. The van der Waals surface area contributed by atoms with Gasteiger partial charge >= 0.3 is 15.6 Å². The molecule has 0 heterocycles. The molecule has 0 saturated carbocycles. The predicted molar refractivity (Wildman–Crippen MR) is 108 cm³/mol. The van der Waals surface area contributed by atoms with Gasteiger partial charge in [-0.3, -0.25) is 18.1 Å². The molecule has 0 saturated heterocycles. The van der Waals surface area contributed by atoms with E-state index in [-0.39, 0.29) is 26.4 Å². The van der Waals surface area contributed by atoms with Gasteiger partial charge in [-0.25, -0.2) is 9.13 Å². The molecule has 0 amide bonds. The Bertz CT molecular complexity index is 544. The minimum Gasteiger partial charge on any atom is -0.329 e. The quantitative estimate of drug-likeness (QED) is 0.223. The third-order valence-electron chi connectivity index (χ3n) is 3.08. The van der Waals surface area contributed by atoms with Crippen LogP contribution in [0.4, 0.5) is 0 Å². The van der Waals surface area contributed by atoms with Crippen molar-refractivity contribution in [3.8, 4) is 0 Å². The smallest absolute Gasteiger partial charge is 0.329 e. The van der Waals surface area contributed by atoms with Crippen LogP contribution in [-0.4, -0.2) is 101 Å². The van der Waals surface area contributed by atoms with Crippen LogP contribution in [0, 0.1) is 0 Å². The summed E-state index contributed by atoms with van der Waals surface area (Å²) in [5.41, 5.74) is 0. The average molecular weight is 446 g/mol. The van der Waals surface area contributed by atoms with E-state index in [0.717, 1.165) is 0 Å². The molecule has 28 heavy (non-hydrogen) atoms. The summed E-state index contributed by atoms with van der Waals surface area (Å²) in [5.74, 6) is 0. The van der Waals surface area contributed by atoms with E-state index in [1.54, 1.807) is 12.2 Å². The molecule has 166 valence electrons. The van der Waals surface area contributed by atoms with E-state index in [1.165, 1.54) is 12.2 Å². The third-order valence-corrected chi connectivity index (χ3v) is 5.05. The van der Waals surface area contributed by atoms with Crippen molar-refractivity contribution in [2.24, 2.45) is 0 Å². The summed E-state index contributed by atoms with van der Waals surface area (Å²) in [6.45, 7) is 1.12. The zero-order valence-corrected chi connectivity index (χ0v) is 19.5. The Morgan fingerprint density at radius 1 is 0.679 bits per heavy atom. The highest BCUT2D eigenvalue weighted by atomic mass is 31.2. The van der Waals surface area contributed by atoms with Gasteiger partial charge in [0.15, 0.2) is 0 Å². The van der Waals surface area contributed by atoms with Crippen LogP contribution in [0.3, 0.4) is 0 Å². The number of allylic oxidation sites excluding steroid dienone is 2. The van der Waals surface area contributed by atoms with Crippen LogP contribution in [0.15, 0.2) is 24.3 Å². The van der Waals surface area contributed by atoms with Crippen molar-refractivity contribution in [1.29, 1.82) is 0 Å². The minimum absolute atomic E-state index is 0.107. The first kappa shape index (κ1) is 27.6. The second kappa shape index (κ2) is 12.3. The van der Waals surface area contributed by atoms with Gasteiger partial charge in [-0.05, 0) is 0 Å². The van der Waals surface area contributed by atoms with Crippen LogP contribution in [0.2, 0.25) is 0 Å². The molecule has 0 aliphatic rings. The van der Waals surface area contributed by atoms with Gasteiger partial charge in [0.05, 0.1) is 55.5 Å². The van der Waals surface area contributed by atoms with E-state index in [1.807, 2.05) is 42.3 Å². The van der Waals surface area contributed by atoms with Gasteiger partial charge in [0.25, 0.3) is 0 Å². The summed E-state index contributed by atoms with van der Waals surface area (Å²) in [6, 6.07) is 0. The molecule has 0 bridgehead atoms. The van der Waals surface area contributed by atoms with Gasteiger partial charge in [0.1, 0.15) is 26.3 Å². The van der Waals surface area contributed by atoms with Crippen LogP contribution in [-0.2, 0) is 27.2 Å². The van der Waals surface area contributed by atoms with Gasteiger partial charge in [-0.1, -0.05) is 24.3 Å². The van der Waals surface area contributed by atoms with Crippen molar-refractivity contribution in [1.82, 2.24) is 0 Å². The Balaban J connectivity index is 3.99. The number of rotatable bonds is 15. The van der Waals surface area contributed by atoms with Gasteiger partial charge in [0.2, 0.25) is 0 Å². The molecule has 0 aromatic heterocycles. The van der Waals surface area contributed by atoms with Crippen molar-refractivity contribution >= 4 is 15.6 Å². The Kier molecular flexibility index (Phi) is 12.2. The number of hydrogen-bond acceptors (Lipinski definition) is 6. The number of hydrogen-bond donors (Lipinski definition) is 2. The molecule has 0 aliphatic heterocycles. The Morgan fingerprint density at radius 2 is 1.00 bits per heavy atom. The molecule has 0 aromatic rings. The molecule has 2 unspecified atom stereocenters. The Hall–Kier alpha value is -0.380. The number of nitrogens with zero attached hydrogens (tertiary/aromatic N) is 2. The van der Waals surface area contributed by atoms with E-state index >= 15 is 0 Å². The maximum Gasteiger partial charge on any atom is 0.472 e. The number of phosphoric acid groups is 2. The maximum atomic E-state index is 11.7. The van der Waals surface area contributed by atoms with Crippen LogP contribution < -0.4 is 0 Å². The van der Waals surface area contributed by atoms with E-state index in [2.05, 4.69) is 0 Å². The molecule has 10 nitrogen and oxygen atoms in total. The van der Waals surface area contributed by atoms with E-state index in [9.17, 15) is 18.9 Å². The van der Waals surface area contributed by atoms with Gasteiger partial charge in [-0.15, -0.1) is 0 Å². The summed E-state index contributed by atoms with van der Waals surface area (Å²) < 4.78 is 43.9. The zero-order valence-electron chi connectivity index (χ0n) is 17.7. The molecule has 0 spiro atoms. The SMILES string of the molecule is C[N+](C)(C)CCOP(=O)(O)OC/C=C/C=C/COP(=O)(O)OCC[N+](C)(C)C. The summed E-state index contributed by atoms with van der Waals surface area (Å²) in [4.78, 5) is 19.0. The van der Waals surface area contributed by atoms with Crippen molar-refractivity contribution < 1.29 is 46.0 Å². The molecule has 0 aliphatic carbocycles. The normalized spacial score (nSPS) is 17.9. The summed E-state index contributed by atoms with van der Waals surface area (Å²) >= 11 is 0. The fraction of sp³-hybridized carbons (Fsp3) is 0.750. The van der Waals surface area contributed by atoms with E-state index in [0.29, 0.717) is 22.1 Å². The highest BCUT2D eigenvalue weighted by molar-refractivity contribution is 7.47. The second-order valence-corrected chi connectivity index (χ2v) is 11.0. The van der Waals surface area contributed by atoms with Crippen molar-refractivity contribution in [2.45, 2.75) is 0 Å². The highest BCUT2D eigenvalue weighted by Crippen LogP contribution is 2.43. The first-order valence-electron chi connectivity index (χ1n) is 8.78. The number of phosphoric ester groups is 2. The molecule has 0 rings (SSSR count). The first-order chi connectivity index (χ1) is 12.6. The van der Waals surface area contributed by atoms with E-state index < -0.39 is 15.6 Å². The lowest BCUT2D eigenvalue weighted by Gasteiger charge is -2.23. The predicted octanol–water partition coefficient (Wildman–Crippen LogP) is 1.78. The topological polar surface area (TPSA) is 112 Å². The van der Waals surface area contributed by atoms with Crippen LogP contribution in [0.1, 0.15) is 0 Å². The minimum atomic E-state index is -4.08. The monoisotopic (exact) mass is 446 g/mol. The molecular weight excluding hydrogens is 410 g/mol. The lowest BCUT2D eigenvalue weighted by atomic mass is 10.4. The van der Waals surface area contributed by atoms with Gasteiger partial charge in [0, 0.05) is 0 Å². The molecule has 0 aromatic carbocycles. The standard InChI is InChI=1S/C16H34N2O8P2/c1-17(2,3)11-15-25-27(19,20)23-13-9-7-8-10-14-24-28(21,22)26-16-12-18(4,5)6/h7-10H,11-16H2,1-6H3/p+2/b9-7+,10-8+. The third kappa shape index (κ3) is 19.0. The van der Waals surface area contributed by atoms with Gasteiger partial charge < -0.3 is 18.8 Å². The molecule has 0 fully saturated rings. The van der Waals surface area contributed by atoms with Gasteiger partial charge in [-0.2, -0.15) is 0 Å². The number of likely N-dealkylation sites (N-methyl/N-ethyl adjacent to an activating group) is 2. The largest absolute Gasteiger partial charge is 0.472 e. The lowest BCUT2D eigenvalue weighted by molar-refractivity contribution is -0.870. The molecule has 2 atom stereocenters. The molecule has 12 heteroatoms. The highest BCUT2D eigenvalue weighted by Gasteiger charge is 2.22.